The number of amides is 1. The molecule has 0 bridgehead atoms. The van der Waals surface area contributed by atoms with Gasteiger partial charge in [-0.15, -0.1) is 0 Å². The summed E-state index contributed by atoms with van der Waals surface area (Å²) in [6, 6.07) is 12.8. The number of anilines is 1. The van der Waals surface area contributed by atoms with Crippen molar-refractivity contribution in [1.82, 2.24) is 0 Å². The highest BCUT2D eigenvalue weighted by atomic mass is 19.4. The molecule has 0 radical (unpaired) electrons. The summed E-state index contributed by atoms with van der Waals surface area (Å²) < 4.78 is 41.4. The van der Waals surface area contributed by atoms with E-state index in [0.717, 1.165) is 5.56 Å². The van der Waals surface area contributed by atoms with Gasteiger partial charge in [0.15, 0.2) is 6.61 Å². The lowest BCUT2D eigenvalue weighted by Gasteiger charge is -2.13. The Labute approximate surface area is 125 Å². The van der Waals surface area contributed by atoms with E-state index in [1.807, 2.05) is 6.92 Å². The molecule has 0 aliphatic rings. The predicted molar refractivity (Wildman–Crippen MR) is 77.1 cm³/mol. The Morgan fingerprint density at radius 2 is 1.73 bits per heavy atom. The first kappa shape index (κ1) is 15.9. The Balaban J connectivity index is 2.12. The van der Waals surface area contributed by atoms with Gasteiger partial charge in [-0.3, -0.25) is 4.79 Å². The van der Waals surface area contributed by atoms with Crippen LogP contribution in [0.25, 0.3) is 0 Å². The molecule has 0 unspecified atom stereocenters. The minimum Gasteiger partial charge on any atom is -0.482 e. The van der Waals surface area contributed by atoms with Crippen molar-refractivity contribution in [3.63, 3.8) is 0 Å². The highest BCUT2D eigenvalue weighted by Crippen LogP contribution is 2.26. The maximum Gasteiger partial charge on any atom is 0.422 e. The first-order chi connectivity index (χ1) is 10.3. The summed E-state index contributed by atoms with van der Waals surface area (Å²) in [7, 11) is 0. The van der Waals surface area contributed by atoms with Crippen LogP contribution in [0.15, 0.2) is 48.5 Å². The van der Waals surface area contributed by atoms with Crippen molar-refractivity contribution in [3.8, 4) is 5.75 Å². The zero-order chi connectivity index (χ0) is 16.2. The molecule has 1 amide bonds. The van der Waals surface area contributed by atoms with Crippen LogP contribution in [-0.4, -0.2) is 18.7 Å². The minimum atomic E-state index is -4.44. The van der Waals surface area contributed by atoms with Gasteiger partial charge in [-0.2, -0.15) is 13.2 Å². The summed E-state index contributed by atoms with van der Waals surface area (Å²) in [5.74, 6) is -0.441. The highest BCUT2D eigenvalue weighted by molar-refractivity contribution is 6.05. The lowest BCUT2D eigenvalue weighted by atomic mass is 10.1. The molecule has 0 saturated heterocycles. The number of nitrogens with one attached hydrogen (secondary N) is 1. The number of carbonyl (C=O) groups excluding carboxylic acids is 1. The van der Waals surface area contributed by atoms with E-state index in [1.54, 1.807) is 30.3 Å². The van der Waals surface area contributed by atoms with Crippen LogP contribution < -0.4 is 10.1 Å². The van der Waals surface area contributed by atoms with Gasteiger partial charge >= 0.3 is 6.18 Å². The van der Waals surface area contributed by atoms with Gasteiger partial charge in [0.2, 0.25) is 0 Å². The maximum absolute atomic E-state index is 12.2. The van der Waals surface area contributed by atoms with E-state index < -0.39 is 18.7 Å². The zero-order valence-electron chi connectivity index (χ0n) is 11.8. The van der Waals surface area contributed by atoms with Crippen LogP contribution in [0.4, 0.5) is 18.9 Å². The van der Waals surface area contributed by atoms with E-state index >= 15 is 0 Å². The zero-order valence-corrected chi connectivity index (χ0v) is 11.8. The van der Waals surface area contributed by atoms with Gasteiger partial charge in [0.1, 0.15) is 5.75 Å². The molecule has 2 rings (SSSR count). The van der Waals surface area contributed by atoms with E-state index in [2.05, 4.69) is 5.32 Å². The first-order valence-corrected chi connectivity index (χ1v) is 6.52. The topological polar surface area (TPSA) is 38.3 Å². The average molecular weight is 309 g/mol. The number of rotatable bonds is 4. The monoisotopic (exact) mass is 309 g/mol. The van der Waals surface area contributed by atoms with Crippen molar-refractivity contribution in [1.29, 1.82) is 0 Å². The predicted octanol–water partition coefficient (Wildman–Crippen LogP) is 4.19. The van der Waals surface area contributed by atoms with Gasteiger partial charge in [0.25, 0.3) is 5.91 Å². The van der Waals surface area contributed by atoms with E-state index in [1.165, 1.54) is 18.2 Å². The smallest absolute Gasteiger partial charge is 0.422 e. The summed E-state index contributed by atoms with van der Waals surface area (Å²) in [5, 5.41) is 2.55. The van der Waals surface area contributed by atoms with Crippen LogP contribution in [0.2, 0.25) is 0 Å². The fourth-order valence-electron chi connectivity index (χ4n) is 1.75. The molecule has 0 aromatic heterocycles. The quantitative estimate of drug-likeness (QED) is 0.919. The van der Waals surface area contributed by atoms with E-state index in [9.17, 15) is 18.0 Å². The lowest BCUT2D eigenvalue weighted by Crippen LogP contribution is -2.20. The molecule has 2 aromatic carbocycles. The molecular formula is C16H14F3NO2. The Bertz CT molecular complexity index is 651. The number of ether oxygens (including phenoxy) is 1. The molecule has 3 nitrogen and oxygen atoms in total. The van der Waals surface area contributed by atoms with Crippen molar-refractivity contribution in [2.75, 3.05) is 11.9 Å². The van der Waals surface area contributed by atoms with Crippen LogP contribution in [-0.2, 0) is 0 Å². The minimum absolute atomic E-state index is 0.0275. The summed E-state index contributed by atoms with van der Waals surface area (Å²) in [5.41, 5.74) is 1.61. The van der Waals surface area contributed by atoms with Crippen molar-refractivity contribution >= 4 is 11.6 Å². The van der Waals surface area contributed by atoms with Crippen molar-refractivity contribution in [3.05, 3.63) is 59.7 Å². The molecular weight excluding hydrogens is 295 g/mol. The molecule has 0 atom stereocenters. The van der Waals surface area contributed by atoms with E-state index in [0.29, 0.717) is 5.56 Å². The summed E-state index contributed by atoms with van der Waals surface area (Å²) in [6.07, 6.45) is -4.44. The molecule has 0 heterocycles. The molecule has 0 aliphatic heterocycles. The number of alkyl halides is 3. The summed E-state index contributed by atoms with van der Waals surface area (Å²) in [6.45, 7) is 0.479. The van der Waals surface area contributed by atoms with E-state index in [4.69, 9.17) is 4.74 Å². The summed E-state index contributed by atoms with van der Waals surface area (Å²) in [4.78, 5) is 12.1. The normalized spacial score (nSPS) is 11.1. The second-order valence-corrected chi connectivity index (χ2v) is 4.72. The second kappa shape index (κ2) is 6.51. The maximum atomic E-state index is 12.2. The number of hydrogen-bond acceptors (Lipinski definition) is 2. The van der Waals surface area contributed by atoms with Crippen molar-refractivity contribution < 1.29 is 22.7 Å². The fourth-order valence-corrected chi connectivity index (χ4v) is 1.75. The van der Waals surface area contributed by atoms with Crippen LogP contribution in [0.1, 0.15) is 15.9 Å². The van der Waals surface area contributed by atoms with Gasteiger partial charge < -0.3 is 10.1 Å². The van der Waals surface area contributed by atoms with Crippen molar-refractivity contribution in [2.45, 2.75) is 13.1 Å². The van der Waals surface area contributed by atoms with Crippen LogP contribution >= 0.6 is 0 Å². The molecule has 0 saturated carbocycles. The van der Waals surface area contributed by atoms with Gasteiger partial charge in [0.05, 0.1) is 5.69 Å². The second-order valence-electron chi connectivity index (χ2n) is 4.72. The van der Waals surface area contributed by atoms with Gasteiger partial charge in [-0.25, -0.2) is 0 Å². The van der Waals surface area contributed by atoms with E-state index in [-0.39, 0.29) is 11.4 Å². The summed E-state index contributed by atoms with van der Waals surface area (Å²) >= 11 is 0. The third-order valence-electron chi connectivity index (χ3n) is 2.84. The Morgan fingerprint density at radius 1 is 1.09 bits per heavy atom. The number of halogens is 3. The third-order valence-corrected chi connectivity index (χ3v) is 2.84. The molecule has 2 aromatic rings. The molecule has 22 heavy (non-hydrogen) atoms. The van der Waals surface area contributed by atoms with Crippen molar-refractivity contribution in [2.24, 2.45) is 0 Å². The SMILES string of the molecule is Cc1ccc(C(=O)Nc2ccccc2OCC(F)(F)F)cc1. The Kier molecular flexibility index (Phi) is 4.70. The van der Waals surface area contributed by atoms with Gasteiger partial charge in [-0.1, -0.05) is 29.8 Å². The molecule has 0 spiro atoms. The van der Waals surface area contributed by atoms with Crippen LogP contribution in [0.3, 0.4) is 0 Å². The van der Waals surface area contributed by atoms with Gasteiger partial charge in [-0.05, 0) is 31.2 Å². The highest BCUT2D eigenvalue weighted by Gasteiger charge is 2.28. The molecule has 6 heteroatoms. The number of benzene rings is 2. The average Bonchev–Trinajstić information content (AvgIpc) is 2.46. The lowest BCUT2D eigenvalue weighted by molar-refractivity contribution is -0.153. The number of hydrogen-bond donors (Lipinski definition) is 1. The Hall–Kier alpha value is -2.50. The molecule has 0 fully saturated rings. The molecule has 1 N–H and O–H groups in total. The van der Waals surface area contributed by atoms with Gasteiger partial charge in [0, 0.05) is 5.56 Å². The first-order valence-electron chi connectivity index (χ1n) is 6.52. The Morgan fingerprint density at radius 3 is 2.36 bits per heavy atom. The van der Waals surface area contributed by atoms with Crippen LogP contribution in [0, 0.1) is 6.92 Å². The molecule has 116 valence electrons. The number of carbonyl (C=O) groups is 1. The number of aryl methyl sites for hydroxylation is 1. The van der Waals surface area contributed by atoms with Crippen LogP contribution in [0.5, 0.6) is 5.75 Å². The number of para-hydroxylation sites is 2. The molecule has 0 aliphatic carbocycles. The third kappa shape index (κ3) is 4.51. The largest absolute Gasteiger partial charge is 0.482 e. The standard InChI is InChI=1S/C16H14F3NO2/c1-11-6-8-12(9-7-11)15(21)20-13-4-2-3-5-14(13)22-10-16(17,18)19/h2-9H,10H2,1H3,(H,20,21). The fraction of sp³-hybridized carbons (Fsp3) is 0.188.